The molecule has 0 aliphatic carbocycles. The Hall–Kier alpha value is -2.41. The molecule has 0 spiro atoms. The normalized spacial score (nSPS) is 10.1. The van der Waals surface area contributed by atoms with E-state index in [0.717, 1.165) is 28.8 Å². The molecule has 2 aromatic rings. The third kappa shape index (κ3) is 1.91. The molecule has 0 radical (unpaired) electrons. The molecule has 4 heteroatoms. The molecule has 0 fully saturated rings. The number of aryl methyl sites for hydroxylation is 1. The lowest BCUT2D eigenvalue weighted by atomic mass is 9.94. The van der Waals surface area contributed by atoms with Crippen LogP contribution in [0.5, 0.6) is 0 Å². The summed E-state index contributed by atoms with van der Waals surface area (Å²) in [6.45, 7) is 3.96. The predicted molar refractivity (Wildman–Crippen MR) is 70.7 cm³/mol. The lowest BCUT2D eigenvalue weighted by Gasteiger charge is -2.14. The SMILES string of the molecule is CCc1c(C)nc(N)c(C#N)c1-c1cccnc1. The summed E-state index contributed by atoms with van der Waals surface area (Å²) in [4.78, 5) is 8.34. The number of aromatic nitrogens is 2. The van der Waals surface area contributed by atoms with Crippen molar-refractivity contribution in [3.05, 3.63) is 41.3 Å². The maximum atomic E-state index is 9.28. The van der Waals surface area contributed by atoms with Crippen molar-refractivity contribution in [2.24, 2.45) is 0 Å². The summed E-state index contributed by atoms with van der Waals surface area (Å²) in [5, 5.41) is 9.28. The van der Waals surface area contributed by atoms with E-state index in [0.29, 0.717) is 5.56 Å². The van der Waals surface area contributed by atoms with Crippen molar-refractivity contribution in [2.45, 2.75) is 20.3 Å². The Labute approximate surface area is 106 Å². The van der Waals surface area contributed by atoms with Crippen molar-refractivity contribution in [3.8, 4) is 17.2 Å². The molecule has 0 aliphatic heterocycles. The van der Waals surface area contributed by atoms with Crippen LogP contribution in [-0.2, 0) is 6.42 Å². The fourth-order valence-corrected chi connectivity index (χ4v) is 2.14. The van der Waals surface area contributed by atoms with Crippen LogP contribution >= 0.6 is 0 Å². The molecule has 90 valence electrons. The van der Waals surface area contributed by atoms with Crippen molar-refractivity contribution in [2.75, 3.05) is 5.73 Å². The summed E-state index contributed by atoms with van der Waals surface area (Å²) in [7, 11) is 0. The first kappa shape index (κ1) is 12.1. The molecule has 0 aliphatic rings. The second kappa shape index (κ2) is 4.84. The van der Waals surface area contributed by atoms with Gasteiger partial charge in [0, 0.05) is 29.2 Å². The number of nitriles is 1. The van der Waals surface area contributed by atoms with Crippen LogP contribution in [0.3, 0.4) is 0 Å². The van der Waals surface area contributed by atoms with Crippen molar-refractivity contribution in [3.63, 3.8) is 0 Å². The smallest absolute Gasteiger partial charge is 0.142 e. The van der Waals surface area contributed by atoms with Gasteiger partial charge in [-0.2, -0.15) is 5.26 Å². The number of anilines is 1. The molecule has 2 N–H and O–H groups in total. The maximum absolute atomic E-state index is 9.28. The zero-order valence-corrected chi connectivity index (χ0v) is 10.4. The van der Waals surface area contributed by atoms with Gasteiger partial charge in [0.15, 0.2) is 0 Å². The fourth-order valence-electron chi connectivity index (χ4n) is 2.14. The van der Waals surface area contributed by atoms with Gasteiger partial charge in [-0.05, 0) is 25.0 Å². The summed E-state index contributed by atoms with van der Waals surface area (Å²) in [5.74, 6) is 0.283. The molecule has 0 amide bonds. The first-order chi connectivity index (χ1) is 8.69. The zero-order valence-electron chi connectivity index (χ0n) is 10.4. The van der Waals surface area contributed by atoms with Gasteiger partial charge in [-0.1, -0.05) is 13.0 Å². The summed E-state index contributed by atoms with van der Waals surface area (Å²) < 4.78 is 0. The Morgan fingerprint density at radius 2 is 2.22 bits per heavy atom. The molecule has 4 nitrogen and oxygen atoms in total. The van der Waals surface area contributed by atoms with Crippen molar-refractivity contribution >= 4 is 5.82 Å². The number of nitrogens with two attached hydrogens (primary N) is 1. The van der Waals surface area contributed by atoms with E-state index < -0.39 is 0 Å². The Morgan fingerprint density at radius 3 is 2.78 bits per heavy atom. The highest BCUT2D eigenvalue weighted by Crippen LogP contribution is 2.31. The Bertz CT molecular complexity index is 612. The van der Waals surface area contributed by atoms with Gasteiger partial charge in [0.05, 0.1) is 0 Å². The van der Waals surface area contributed by atoms with Crippen LogP contribution in [0.1, 0.15) is 23.7 Å². The summed E-state index contributed by atoms with van der Waals surface area (Å²) >= 11 is 0. The van der Waals surface area contributed by atoms with E-state index in [1.807, 2.05) is 26.0 Å². The number of rotatable bonds is 2. The molecule has 0 atom stereocenters. The van der Waals surface area contributed by atoms with Gasteiger partial charge in [0.2, 0.25) is 0 Å². The van der Waals surface area contributed by atoms with Crippen LogP contribution in [0.15, 0.2) is 24.5 Å². The Morgan fingerprint density at radius 1 is 1.44 bits per heavy atom. The van der Waals surface area contributed by atoms with Crippen LogP contribution in [0.2, 0.25) is 0 Å². The maximum Gasteiger partial charge on any atom is 0.142 e. The van der Waals surface area contributed by atoms with E-state index in [9.17, 15) is 5.26 Å². The van der Waals surface area contributed by atoms with E-state index in [1.165, 1.54) is 0 Å². The lowest BCUT2D eigenvalue weighted by molar-refractivity contribution is 1.05. The van der Waals surface area contributed by atoms with Crippen LogP contribution in [-0.4, -0.2) is 9.97 Å². The minimum absolute atomic E-state index is 0.283. The second-order valence-electron chi connectivity index (χ2n) is 4.02. The number of nitrogen functional groups attached to an aromatic ring is 1. The minimum Gasteiger partial charge on any atom is -0.383 e. The van der Waals surface area contributed by atoms with E-state index in [1.54, 1.807) is 12.4 Å². The van der Waals surface area contributed by atoms with Crippen LogP contribution < -0.4 is 5.73 Å². The highest BCUT2D eigenvalue weighted by atomic mass is 14.8. The van der Waals surface area contributed by atoms with Gasteiger partial charge in [-0.15, -0.1) is 0 Å². The van der Waals surface area contributed by atoms with Gasteiger partial charge < -0.3 is 5.73 Å². The number of hydrogen-bond donors (Lipinski definition) is 1. The van der Waals surface area contributed by atoms with Crippen LogP contribution in [0.25, 0.3) is 11.1 Å². The predicted octanol–water partition coefficient (Wildman–Crippen LogP) is 2.47. The molecule has 0 saturated heterocycles. The third-order valence-electron chi connectivity index (χ3n) is 2.95. The van der Waals surface area contributed by atoms with Gasteiger partial charge in [-0.3, -0.25) is 4.98 Å². The lowest BCUT2D eigenvalue weighted by Crippen LogP contribution is -2.05. The molecule has 0 unspecified atom stereocenters. The number of nitrogens with zero attached hydrogens (tertiary/aromatic N) is 3. The topological polar surface area (TPSA) is 75.6 Å². The number of pyridine rings is 2. The molecule has 2 heterocycles. The first-order valence-corrected chi connectivity index (χ1v) is 5.78. The molecule has 2 aromatic heterocycles. The molecule has 0 aromatic carbocycles. The Kier molecular flexibility index (Phi) is 3.24. The monoisotopic (exact) mass is 238 g/mol. The van der Waals surface area contributed by atoms with Gasteiger partial charge in [0.1, 0.15) is 17.5 Å². The fraction of sp³-hybridized carbons (Fsp3) is 0.214. The summed E-state index contributed by atoms with van der Waals surface area (Å²) in [6, 6.07) is 5.93. The standard InChI is InChI=1S/C14H14N4/c1-3-11-9(2)18-14(16)12(7-15)13(11)10-5-4-6-17-8-10/h4-6,8H,3H2,1-2H3,(H2,16,18). The van der Waals surface area contributed by atoms with Crippen molar-refractivity contribution in [1.82, 2.24) is 9.97 Å². The van der Waals surface area contributed by atoms with E-state index in [-0.39, 0.29) is 5.82 Å². The molecular weight excluding hydrogens is 224 g/mol. The third-order valence-corrected chi connectivity index (χ3v) is 2.95. The molecule has 0 bridgehead atoms. The van der Waals surface area contributed by atoms with Crippen molar-refractivity contribution < 1.29 is 0 Å². The van der Waals surface area contributed by atoms with Gasteiger partial charge >= 0.3 is 0 Å². The summed E-state index contributed by atoms with van der Waals surface area (Å²) in [6.07, 6.45) is 4.25. The van der Waals surface area contributed by atoms with Crippen molar-refractivity contribution in [1.29, 1.82) is 5.26 Å². The minimum atomic E-state index is 0.283. The second-order valence-corrected chi connectivity index (χ2v) is 4.02. The molecular formula is C14H14N4. The zero-order chi connectivity index (χ0) is 13.1. The van der Waals surface area contributed by atoms with Crippen LogP contribution in [0, 0.1) is 18.3 Å². The molecule has 2 rings (SSSR count). The van der Waals surface area contributed by atoms with E-state index in [2.05, 4.69) is 16.0 Å². The van der Waals surface area contributed by atoms with E-state index in [4.69, 9.17) is 5.73 Å². The molecule has 0 saturated carbocycles. The highest BCUT2D eigenvalue weighted by Gasteiger charge is 2.16. The highest BCUT2D eigenvalue weighted by molar-refractivity contribution is 5.78. The number of hydrogen-bond acceptors (Lipinski definition) is 4. The average molecular weight is 238 g/mol. The van der Waals surface area contributed by atoms with Gasteiger partial charge in [0.25, 0.3) is 0 Å². The molecule has 18 heavy (non-hydrogen) atoms. The average Bonchev–Trinajstić information content (AvgIpc) is 2.39. The largest absolute Gasteiger partial charge is 0.383 e. The van der Waals surface area contributed by atoms with Crippen LogP contribution in [0.4, 0.5) is 5.82 Å². The summed E-state index contributed by atoms with van der Waals surface area (Å²) in [5.41, 5.74) is 9.96. The van der Waals surface area contributed by atoms with Gasteiger partial charge in [-0.25, -0.2) is 4.98 Å². The quantitative estimate of drug-likeness (QED) is 0.872. The Balaban J connectivity index is 2.83. The first-order valence-electron chi connectivity index (χ1n) is 5.78. The van der Waals surface area contributed by atoms with E-state index >= 15 is 0 Å².